The Hall–Kier alpha value is -8.92. The third-order valence-electron chi connectivity index (χ3n) is 13.9. The Kier molecular flexibility index (Phi) is 9.40. The molecule has 11 aromatic rings. The highest BCUT2D eigenvalue weighted by Crippen LogP contribution is 2.65. The van der Waals surface area contributed by atoms with E-state index in [1.54, 1.807) is 0 Å². The first-order valence-electron chi connectivity index (χ1n) is 23.3. The summed E-state index contributed by atoms with van der Waals surface area (Å²) < 4.78 is 6.89. The second kappa shape index (κ2) is 16.2. The van der Waals surface area contributed by atoms with E-state index < -0.39 is 5.41 Å². The Balaban J connectivity index is 1.08. The largest absolute Gasteiger partial charge is 0.457 e. The van der Waals surface area contributed by atoms with Crippen molar-refractivity contribution in [1.82, 2.24) is 0 Å². The summed E-state index contributed by atoms with van der Waals surface area (Å²) in [4.78, 5) is 4.83. The molecular weight excluding hydrogens is 825 g/mol. The van der Waals surface area contributed by atoms with Crippen molar-refractivity contribution in [3.63, 3.8) is 0 Å². The van der Waals surface area contributed by atoms with Gasteiger partial charge in [0.2, 0.25) is 0 Å². The van der Waals surface area contributed by atoms with Crippen molar-refractivity contribution in [2.24, 2.45) is 0 Å². The van der Waals surface area contributed by atoms with Crippen molar-refractivity contribution >= 4 is 44.9 Å². The molecule has 0 bridgehead atoms. The van der Waals surface area contributed by atoms with E-state index in [4.69, 9.17) is 4.74 Å². The molecule has 0 N–H and O–H groups in total. The van der Waals surface area contributed by atoms with Crippen LogP contribution < -0.4 is 14.5 Å². The van der Waals surface area contributed by atoms with Crippen LogP contribution >= 0.6 is 0 Å². The molecule has 13 rings (SSSR count). The molecule has 1 aliphatic heterocycles. The summed E-state index contributed by atoms with van der Waals surface area (Å²) in [6, 6.07) is 96.6. The van der Waals surface area contributed by atoms with Gasteiger partial charge in [-0.25, -0.2) is 0 Å². The van der Waals surface area contributed by atoms with Crippen molar-refractivity contribution in [2.75, 3.05) is 9.80 Å². The summed E-state index contributed by atoms with van der Waals surface area (Å²) >= 11 is 0. The highest BCUT2D eigenvalue weighted by molar-refractivity contribution is 6.11. The average Bonchev–Trinajstić information content (AvgIpc) is 3.70. The molecule has 1 aliphatic carbocycles. The molecule has 0 saturated heterocycles. The Bertz CT molecular complexity index is 3580. The van der Waals surface area contributed by atoms with Gasteiger partial charge < -0.3 is 14.5 Å². The van der Waals surface area contributed by atoms with Crippen molar-refractivity contribution < 1.29 is 4.74 Å². The van der Waals surface area contributed by atoms with Gasteiger partial charge >= 0.3 is 0 Å². The topological polar surface area (TPSA) is 15.7 Å². The minimum atomic E-state index is -0.746. The van der Waals surface area contributed by atoms with Gasteiger partial charge in [-0.2, -0.15) is 0 Å². The molecule has 68 heavy (non-hydrogen) atoms. The molecular formula is C65H44N2O. The zero-order valence-electron chi connectivity index (χ0n) is 37.2. The number of hydrogen-bond donors (Lipinski definition) is 0. The third kappa shape index (κ3) is 6.28. The van der Waals surface area contributed by atoms with Gasteiger partial charge in [0.25, 0.3) is 0 Å². The minimum Gasteiger partial charge on any atom is -0.457 e. The lowest BCUT2D eigenvalue weighted by Crippen LogP contribution is -2.32. The molecule has 3 nitrogen and oxygen atoms in total. The maximum absolute atomic E-state index is 6.89. The predicted molar refractivity (Wildman–Crippen MR) is 282 cm³/mol. The van der Waals surface area contributed by atoms with Crippen molar-refractivity contribution in [3.8, 4) is 44.9 Å². The number of para-hydroxylation sites is 4. The molecule has 0 amide bonds. The Morgan fingerprint density at radius 2 is 0.691 bits per heavy atom. The van der Waals surface area contributed by atoms with Crippen molar-refractivity contribution in [3.05, 3.63) is 289 Å². The van der Waals surface area contributed by atoms with Crippen LogP contribution in [0.25, 0.3) is 44.2 Å². The molecule has 1 spiro atoms. The van der Waals surface area contributed by atoms with E-state index in [0.717, 1.165) is 56.8 Å². The minimum absolute atomic E-state index is 0.746. The third-order valence-corrected chi connectivity index (χ3v) is 13.9. The van der Waals surface area contributed by atoms with E-state index >= 15 is 0 Å². The van der Waals surface area contributed by atoms with Gasteiger partial charge in [-0.05, 0) is 129 Å². The molecule has 0 saturated carbocycles. The van der Waals surface area contributed by atoms with Gasteiger partial charge in [-0.1, -0.05) is 188 Å². The molecule has 0 fully saturated rings. The monoisotopic (exact) mass is 868 g/mol. The fourth-order valence-corrected chi connectivity index (χ4v) is 10.9. The van der Waals surface area contributed by atoms with E-state index in [2.05, 4.69) is 277 Å². The molecule has 0 aromatic heterocycles. The molecule has 2 aliphatic rings. The fourth-order valence-electron chi connectivity index (χ4n) is 10.9. The SMILES string of the molecule is c1ccc(-c2ccc(N(c3ccccc3)c3ccc4c(c3)C3(c5ccccc5Oc5ccccc53)c3cc(N(c5ccccc5)c5ccc(-c6ccccc6)cc5)c5ccccc5c3-4)cc2)cc1. The summed E-state index contributed by atoms with van der Waals surface area (Å²) in [5.41, 5.74) is 17.6. The first-order chi connectivity index (χ1) is 33.7. The molecule has 0 unspecified atom stereocenters. The summed E-state index contributed by atoms with van der Waals surface area (Å²) in [6.07, 6.45) is 0. The Morgan fingerprint density at radius 1 is 0.279 bits per heavy atom. The van der Waals surface area contributed by atoms with Gasteiger partial charge in [0.15, 0.2) is 0 Å². The summed E-state index contributed by atoms with van der Waals surface area (Å²) in [6.45, 7) is 0. The predicted octanol–water partition coefficient (Wildman–Crippen LogP) is 17.6. The number of nitrogens with zero attached hydrogens (tertiary/aromatic N) is 2. The van der Waals surface area contributed by atoms with E-state index in [-0.39, 0.29) is 0 Å². The quantitative estimate of drug-likeness (QED) is 0.151. The normalized spacial score (nSPS) is 12.6. The summed E-state index contributed by atoms with van der Waals surface area (Å²) in [7, 11) is 0. The smallest absolute Gasteiger partial charge is 0.132 e. The molecule has 0 radical (unpaired) electrons. The van der Waals surface area contributed by atoms with Crippen LogP contribution in [0.2, 0.25) is 0 Å². The van der Waals surface area contributed by atoms with Gasteiger partial charge in [-0.15, -0.1) is 0 Å². The number of fused-ring (bicyclic) bond motifs is 11. The van der Waals surface area contributed by atoms with Crippen LogP contribution in [0.5, 0.6) is 11.5 Å². The van der Waals surface area contributed by atoms with Crippen LogP contribution in [0.15, 0.2) is 267 Å². The Labute approximate surface area is 397 Å². The molecule has 320 valence electrons. The number of hydrogen-bond acceptors (Lipinski definition) is 3. The first-order valence-corrected chi connectivity index (χ1v) is 23.3. The number of rotatable bonds is 8. The maximum atomic E-state index is 6.89. The number of benzene rings is 11. The second-order valence-electron chi connectivity index (χ2n) is 17.6. The van der Waals surface area contributed by atoms with Crippen molar-refractivity contribution in [2.45, 2.75) is 5.41 Å². The van der Waals surface area contributed by atoms with E-state index in [1.165, 1.54) is 55.3 Å². The van der Waals surface area contributed by atoms with Gasteiger partial charge in [0.05, 0.1) is 11.1 Å². The first kappa shape index (κ1) is 39.4. The maximum Gasteiger partial charge on any atom is 0.132 e. The Morgan fingerprint density at radius 3 is 1.25 bits per heavy atom. The van der Waals surface area contributed by atoms with E-state index in [0.29, 0.717) is 0 Å². The second-order valence-corrected chi connectivity index (χ2v) is 17.6. The zero-order valence-corrected chi connectivity index (χ0v) is 37.2. The van der Waals surface area contributed by atoms with Crippen molar-refractivity contribution in [1.29, 1.82) is 0 Å². The lowest BCUT2D eigenvalue weighted by atomic mass is 9.66. The van der Waals surface area contributed by atoms with Gasteiger partial charge in [-0.3, -0.25) is 0 Å². The van der Waals surface area contributed by atoms with E-state index in [1.807, 2.05) is 0 Å². The molecule has 0 atom stereocenters. The zero-order chi connectivity index (χ0) is 45.0. The van der Waals surface area contributed by atoms with Crippen LogP contribution in [0.4, 0.5) is 34.1 Å². The number of anilines is 6. The highest BCUT2D eigenvalue weighted by atomic mass is 16.5. The van der Waals surface area contributed by atoms with Crippen LogP contribution in [-0.4, -0.2) is 0 Å². The van der Waals surface area contributed by atoms with E-state index in [9.17, 15) is 0 Å². The molecule has 3 heteroatoms. The van der Waals surface area contributed by atoms with Gasteiger partial charge in [0.1, 0.15) is 11.5 Å². The van der Waals surface area contributed by atoms with Crippen LogP contribution in [0.3, 0.4) is 0 Å². The van der Waals surface area contributed by atoms with Gasteiger partial charge in [0, 0.05) is 45.0 Å². The molecule has 1 heterocycles. The summed E-state index contributed by atoms with van der Waals surface area (Å²) in [5.74, 6) is 1.72. The van der Waals surface area contributed by atoms with Crippen LogP contribution in [-0.2, 0) is 5.41 Å². The lowest BCUT2D eigenvalue weighted by molar-refractivity contribution is 0.436. The standard InChI is InChI=1S/C65H44N2O/c1-5-19-45(20-6-1)47-33-37-51(38-34-47)66(49-23-9-3-10-24-49)53-41-42-56-59(43-53)65(57-29-15-17-31-62(57)68-63-32-18-16-30-58(63)65)60-44-61(54-27-13-14-28-55(54)64(56)60)67(50-25-11-4-12-26-50)52-39-35-48(36-40-52)46-21-7-2-8-22-46/h1-44H. The van der Waals surface area contributed by atoms with Crippen LogP contribution in [0, 0.1) is 0 Å². The molecule has 11 aromatic carbocycles. The van der Waals surface area contributed by atoms with Crippen LogP contribution in [0.1, 0.15) is 22.3 Å². The lowest BCUT2D eigenvalue weighted by Gasteiger charge is -2.40. The summed E-state index contributed by atoms with van der Waals surface area (Å²) in [5, 5.41) is 2.37. The fraction of sp³-hybridized carbons (Fsp3) is 0.0154. The number of ether oxygens (including phenoxy) is 1. The highest BCUT2D eigenvalue weighted by Gasteiger charge is 2.52. The average molecular weight is 869 g/mol.